The van der Waals surface area contributed by atoms with Gasteiger partial charge >= 0.3 is 0 Å². The third-order valence-corrected chi connectivity index (χ3v) is 9.32. The number of ether oxygens (including phenoxy) is 9. The first-order valence-corrected chi connectivity index (χ1v) is 16.7. The number of methoxy groups -OCH3 is 4. The minimum absolute atomic E-state index is 0.101. The first-order chi connectivity index (χ1) is 22.9. The summed E-state index contributed by atoms with van der Waals surface area (Å²) in [5, 5.41) is 0. The van der Waals surface area contributed by atoms with Gasteiger partial charge in [0, 0.05) is 13.7 Å². The van der Waals surface area contributed by atoms with E-state index in [9.17, 15) is 0 Å². The standard InChI is InChI=1S/C38H50O9/c1-8-9-10-11-12-19-43-37(28-14-17-30-34(22-28)45-23-44-30)38(42-7)46-31-18-15-27(21-33(31)41-6)36-25(3)24(2)35(47-36)26-13-16-29(39-4)32(20-26)40-5/h13-18,20-22,24-25,35-38H,8-12,19,23H2,1-7H3/t24-,25+,35+,36-,37?,38?/m0/s1. The third-order valence-electron chi connectivity index (χ3n) is 9.32. The van der Waals surface area contributed by atoms with Crippen molar-refractivity contribution in [3.63, 3.8) is 0 Å². The van der Waals surface area contributed by atoms with Gasteiger partial charge in [0.1, 0.15) is 6.10 Å². The minimum atomic E-state index is -0.748. The van der Waals surface area contributed by atoms with Crippen molar-refractivity contribution >= 4 is 0 Å². The van der Waals surface area contributed by atoms with Gasteiger partial charge < -0.3 is 42.6 Å². The fourth-order valence-electron chi connectivity index (χ4n) is 6.41. The topological polar surface area (TPSA) is 83.1 Å². The summed E-state index contributed by atoms with van der Waals surface area (Å²) in [4.78, 5) is 0. The molecule has 0 spiro atoms. The Morgan fingerprint density at radius 2 is 1.30 bits per heavy atom. The molecule has 1 saturated heterocycles. The van der Waals surface area contributed by atoms with Crippen molar-refractivity contribution in [2.75, 3.05) is 41.8 Å². The van der Waals surface area contributed by atoms with Gasteiger partial charge in [0.15, 0.2) is 34.5 Å². The fraction of sp³-hybridized carbons (Fsp3) is 0.526. The van der Waals surface area contributed by atoms with E-state index in [0.29, 0.717) is 41.1 Å². The van der Waals surface area contributed by atoms with Gasteiger partial charge in [0.2, 0.25) is 13.1 Å². The molecule has 0 bridgehead atoms. The molecule has 9 heteroatoms. The fourth-order valence-corrected chi connectivity index (χ4v) is 6.41. The zero-order valence-electron chi connectivity index (χ0n) is 28.8. The smallest absolute Gasteiger partial charge is 0.231 e. The molecule has 256 valence electrons. The normalized spacial score (nSPS) is 21.3. The van der Waals surface area contributed by atoms with Crippen molar-refractivity contribution in [2.45, 2.75) is 77.5 Å². The highest BCUT2D eigenvalue weighted by Crippen LogP contribution is 2.51. The molecule has 0 amide bonds. The van der Waals surface area contributed by atoms with Crippen LogP contribution in [0.15, 0.2) is 54.6 Å². The summed E-state index contributed by atoms with van der Waals surface area (Å²) in [5.74, 6) is 4.43. The van der Waals surface area contributed by atoms with Crippen LogP contribution in [-0.2, 0) is 14.2 Å². The van der Waals surface area contributed by atoms with E-state index in [1.165, 1.54) is 19.3 Å². The molecular weight excluding hydrogens is 600 g/mol. The molecule has 5 rings (SSSR count). The van der Waals surface area contributed by atoms with Gasteiger partial charge in [0.25, 0.3) is 0 Å². The van der Waals surface area contributed by atoms with Crippen LogP contribution in [0.5, 0.6) is 34.5 Å². The highest BCUT2D eigenvalue weighted by atomic mass is 16.7. The molecule has 0 aromatic heterocycles. The van der Waals surface area contributed by atoms with Gasteiger partial charge in [-0.2, -0.15) is 0 Å². The van der Waals surface area contributed by atoms with Crippen molar-refractivity contribution in [3.05, 3.63) is 71.3 Å². The molecule has 2 heterocycles. The molecule has 3 aromatic carbocycles. The Balaban J connectivity index is 1.34. The summed E-state index contributed by atoms with van der Waals surface area (Å²) in [5.41, 5.74) is 2.95. The third kappa shape index (κ3) is 7.91. The van der Waals surface area contributed by atoms with E-state index < -0.39 is 12.4 Å². The Morgan fingerprint density at radius 3 is 1.94 bits per heavy atom. The van der Waals surface area contributed by atoms with Crippen LogP contribution in [0.1, 0.15) is 87.9 Å². The second-order valence-corrected chi connectivity index (χ2v) is 12.3. The van der Waals surface area contributed by atoms with E-state index in [0.717, 1.165) is 29.5 Å². The summed E-state index contributed by atoms with van der Waals surface area (Å²) in [6.07, 6.45) is 4.20. The lowest BCUT2D eigenvalue weighted by Crippen LogP contribution is -2.30. The number of fused-ring (bicyclic) bond motifs is 1. The van der Waals surface area contributed by atoms with E-state index >= 15 is 0 Å². The van der Waals surface area contributed by atoms with Crippen molar-refractivity contribution in [3.8, 4) is 34.5 Å². The number of benzene rings is 3. The molecule has 9 nitrogen and oxygen atoms in total. The monoisotopic (exact) mass is 650 g/mol. The summed E-state index contributed by atoms with van der Waals surface area (Å²) < 4.78 is 53.7. The van der Waals surface area contributed by atoms with Crippen LogP contribution < -0.4 is 28.4 Å². The van der Waals surface area contributed by atoms with Crippen LogP contribution in [-0.4, -0.2) is 48.1 Å². The predicted molar refractivity (Wildman–Crippen MR) is 179 cm³/mol. The maximum absolute atomic E-state index is 6.73. The highest BCUT2D eigenvalue weighted by Gasteiger charge is 2.41. The first-order valence-electron chi connectivity index (χ1n) is 16.7. The molecular formula is C38H50O9. The van der Waals surface area contributed by atoms with E-state index in [4.69, 9.17) is 42.6 Å². The highest BCUT2D eigenvalue weighted by molar-refractivity contribution is 5.47. The molecule has 0 radical (unpaired) electrons. The van der Waals surface area contributed by atoms with Crippen LogP contribution in [0.3, 0.4) is 0 Å². The first kappa shape index (κ1) is 34.7. The van der Waals surface area contributed by atoms with E-state index in [1.54, 1.807) is 28.4 Å². The lowest BCUT2D eigenvalue weighted by Gasteiger charge is -2.28. The van der Waals surface area contributed by atoms with Gasteiger partial charge in [0.05, 0.1) is 33.5 Å². The van der Waals surface area contributed by atoms with Gasteiger partial charge in [-0.1, -0.05) is 64.7 Å². The molecule has 0 saturated carbocycles. The van der Waals surface area contributed by atoms with Crippen molar-refractivity contribution in [1.82, 2.24) is 0 Å². The summed E-state index contributed by atoms with van der Waals surface area (Å²) in [7, 11) is 6.55. The minimum Gasteiger partial charge on any atom is -0.493 e. The van der Waals surface area contributed by atoms with Crippen molar-refractivity contribution in [2.24, 2.45) is 11.8 Å². The molecule has 2 aliphatic heterocycles. The van der Waals surface area contributed by atoms with Crippen molar-refractivity contribution in [1.29, 1.82) is 0 Å². The molecule has 0 aliphatic carbocycles. The molecule has 2 unspecified atom stereocenters. The predicted octanol–water partition coefficient (Wildman–Crippen LogP) is 8.61. The average Bonchev–Trinajstić information content (AvgIpc) is 3.70. The summed E-state index contributed by atoms with van der Waals surface area (Å²) in [6.45, 7) is 7.45. The Kier molecular flexibility index (Phi) is 12.1. The number of rotatable bonds is 17. The maximum Gasteiger partial charge on any atom is 0.231 e. The Hall–Kier alpha value is -3.66. The van der Waals surface area contributed by atoms with Gasteiger partial charge in [-0.15, -0.1) is 0 Å². The summed E-state index contributed by atoms with van der Waals surface area (Å²) >= 11 is 0. The van der Waals surface area contributed by atoms with Crippen LogP contribution in [0.4, 0.5) is 0 Å². The molecule has 3 aromatic rings. The number of hydrogen-bond donors (Lipinski definition) is 0. The molecule has 0 N–H and O–H groups in total. The Bertz CT molecular complexity index is 1440. The van der Waals surface area contributed by atoms with Crippen LogP contribution in [0.25, 0.3) is 0 Å². The zero-order valence-corrected chi connectivity index (χ0v) is 28.8. The molecule has 2 aliphatic rings. The van der Waals surface area contributed by atoms with Crippen LogP contribution in [0.2, 0.25) is 0 Å². The molecule has 1 fully saturated rings. The van der Waals surface area contributed by atoms with Crippen LogP contribution in [0, 0.1) is 11.8 Å². The largest absolute Gasteiger partial charge is 0.493 e. The second kappa shape index (κ2) is 16.4. The van der Waals surface area contributed by atoms with Crippen molar-refractivity contribution < 1.29 is 42.6 Å². The van der Waals surface area contributed by atoms with Crippen LogP contribution >= 0.6 is 0 Å². The molecule has 47 heavy (non-hydrogen) atoms. The van der Waals surface area contributed by atoms with E-state index in [2.05, 4.69) is 20.8 Å². The zero-order chi connectivity index (χ0) is 33.3. The lowest BCUT2D eigenvalue weighted by atomic mass is 9.85. The summed E-state index contributed by atoms with van der Waals surface area (Å²) in [6, 6.07) is 17.7. The Morgan fingerprint density at radius 1 is 0.681 bits per heavy atom. The average molecular weight is 651 g/mol. The van der Waals surface area contributed by atoms with E-state index in [1.807, 2.05) is 54.6 Å². The maximum atomic E-state index is 6.73. The van der Waals surface area contributed by atoms with Gasteiger partial charge in [-0.05, 0) is 71.3 Å². The Labute approximate surface area is 279 Å². The van der Waals surface area contributed by atoms with Gasteiger partial charge in [-0.3, -0.25) is 0 Å². The SMILES string of the molecule is CCCCCCCOC(c1ccc2c(c1)OCO2)C(OC)Oc1ccc([C@H]2O[C@@H](c3ccc(OC)c(OC)c3)[C@@H](C)[C@H]2C)cc1OC. The quantitative estimate of drug-likeness (QED) is 0.105. The lowest BCUT2D eigenvalue weighted by molar-refractivity contribution is -0.152. The second-order valence-electron chi connectivity index (χ2n) is 12.3. The van der Waals surface area contributed by atoms with E-state index in [-0.39, 0.29) is 30.8 Å². The van der Waals surface area contributed by atoms with Gasteiger partial charge in [-0.25, -0.2) is 0 Å². The number of unbranched alkanes of at least 4 members (excludes halogenated alkanes) is 4. The molecule has 6 atom stereocenters. The number of hydrogen-bond acceptors (Lipinski definition) is 9.